The van der Waals surface area contributed by atoms with E-state index in [1.54, 1.807) is 6.92 Å². The Labute approximate surface area is 119 Å². The Bertz CT molecular complexity index is 731. The first-order valence-electron chi connectivity index (χ1n) is 5.93. The minimum atomic E-state index is -1.29. The summed E-state index contributed by atoms with van der Waals surface area (Å²) in [7, 11) is 0. The number of nitrogens with zero attached hydrogens (tertiary/aromatic N) is 1. The fraction of sp³-hybridized carbons (Fsp3) is 0.0714. The number of non-ortho nitro benzene ring substituents is 1. The second-order valence-corrected chi connectivity index (χ2v) is 4.38. The number of nitrogens with one attached hydrogen (secondary N) is 1. The molecule has 0 spiro atoms. The van der Waals surface area contributed by atoms with Crippen LogP contribution in [0.3, 0.4) is 0 Å². The van der Waals surface area contributed by atoms with E-state index in [1.807, 2.05) is 0 Å². The van der Waals surface area contributed by atoms with E-state index in [0.717, 1.165) is 6.07 Å². The van der Waals surface area contributed by atoms with Crippen molar-refractivity contribution in [2.45, 2.75) is 6.92 Å². The normalized spacial score (nSPS) is 10.2. The third-order valence-electron chi connectivity index (χ3n) is 2.90. The number of carboxylic acid groups (broad SMARTS) is 1. The SMILES string of the molecule is Cc1cc(F)ccc1Nc1ccc([N+](=O)[O-])cc1C(=O)O. The molecule has 7 heteroatoms. The lowest BCUT2D eigenvalue weighted by Gasteiger charge is -2.12. The smallest absolute Gasteiger partial charge is 0.338 e. The molecule has 0 aliphatic carbocycles. The summed E-state index contributed by atoms with van der Waals surface area (Å²) in [5.74, 6) is -1.69. The van der Waals surface area contributed by atoms with E-state index in [9.17, 15) is 19.3 Å². The quantitative estimate of drug-likeness (QED) is 0.664. The van der Waals surface area contributed by atoms with Crippen molar-refractivity contribution in [1.29, 1.82) is 0 Å². The molecule has 108 valence electrons. The average Bonchev–Trinajstić information content (AvgIpc) is 2.41. The summed E-state index contributed by atoms with van der Waals surface area (Å²) in [6.45, 7) is 1.66. The molecule has 2 rings (SSSR count). The Morgan fingerprint density at radius 3 is 2.48 bits per heavy atom. The number of hydrogen-bond acceptors (Lipinski definition) is 4. The highest BCUT2D eigenvalue weighted by Crippen LogP contribution is 2.27. The van der Waals surface area contributed by atoms with Gasteiger partial charge in [0.15, 0.2) is 0 Å². The van der Waals surface area contributed by atoms with Gasteiger partial charge in [0, 0.05) is 17.8 Å². The van der Waals surface area contributed by atoms with Crippen LogP contribution in [-0.2, 0) is 0 Å². The lowest BCUT2D eigenvalue weighted by atomic mass is 10.1. The molecule has 0 aliphatic heterocycles. The maximum Gasteiger partial charge on any atom is 0.338 e. The molecule has 21 heavy (non-hydrogen) atoms. The van der Waals surface area contributed by atoms with Gasteiger partial charge in [-0.15, -0.1) is 0 Å². The van der Waals surface area contributed by atoms with Crippen molar-refractivity contribution in [2.75, 3.05) is 5.32 Å². The number of hydrogen-bond donors (Lipinski definition) is 2. The fourth-order valence-corrected chi connectivity index (χ4v) is 1.84. The van der Waals surface area contributed by atoms with Crippen LogP contribution in [0.5, 0.6) is 0 Å². The molecule has 0 fully saturated rings. The maximum absolute atomic E-state index is 13.0. The summed E-state index contributed by atoms with van der Waals surface area (Å²) >= 11 is 0. The Morgan fingerprint density at radius 1 is 1.24 bits per heavy atom. The second-order valence-electron chi connectivity index (χ2n) is 4.38. The largest absolute Gasteiger partial charge is 0.478 e. The van der Waals surface area contributed by atoms with Crippen LogP contribution in [-0.4, -0.2) is 16.0 Å². The zero-order valence-electron chi connectivity index (χ0n) is 11.0. The summed E-state index contributed by atoms with van der Waals surface area (Å²) in [6.07, 6.45) is 0. The Hall–Kier alpha value is -2.96. The van der Waals surface area contributed by atoms with E-state index in [0.29, 0.717) is 11.3 Å². The molecular weight excluding hydrogens is 279 g/mol. The van der Waals surface area contributed by atoms with Gasteiger partial charge in [-0.1, -0.05) is 0 Å². The third kappa shape index (κ3) is 3.14. The highest BCUT2D eigenvalue weighted by Gasteiger charge is 2.16. The lowest BCUT2D eigenvalue weighted by Crippen LogP contribution is -2.04. The molecule has 0 amide bonds. The van der Waals surface area contributed by atoms with Crippen molar-refractivity contribution in [1.82, 2.24) is 0 Å². The number of anilines is 2. The van der Waals surface area contributed by atoms with Crippen molar-refractivity contribution in [2.24, 2.45) is 0 Å². The van der Waals surface area contributed by atoms with Crippen molar-refractivity contribution in [3.63, 3.8) is 0 Å². The van der Waals surface area contributed by atoms with E-state index in [-0.39, 0.29) is 16.9 Å². The summed E-state index contributed by atoms with van der Waals surface area (Å²) in [6, 6.07) is 7.49. The summed E-state index contributed by atoms with van der Waals surface area (Å²) < 4.78 is 13.0. The number of aromatic carboxylic acids is 1. The second kappa shape index (κ2) is 5.58. The first-order valence-corrected chi connectivity index (χ1v) is 5.93. The molecule has 0 radical (unpaired) electrons. The number of rotatable bonds is 4. The van der Waals surface area contributed by atoms with Crippen molar-refractivity contribution < 1.29 is 19.2 Å². The molecule has 0 saturated heterocycles. The van der Waals surface area contributed by atoms with Gasteiger partial charge >= 0.3 is 5.97 Å². The molecule has 2 N–H and O–H groups in total. The van der Waals surface area contributed by atoms with E-state index >= 15 is 0 Å². The van der Waals surface area contributed by atoms with Gasteiger partial charge in [-0.2, -0.15) is 0 Å². The average molecular weight is 290 g/mol. The molecule has 0 saturated carbocycles. The number of aryl methyl sites for hydroxylation is 1. The molecule has 2 aromatic carbocycles. The molecule has 2 aromatic rings. The van der Waals surface area contributed by atoms with Crippen molar-refractivity contribution >= 4 is 23.0 Å². The van der Waals surface area contributed by atoms with E-state index < -0.39 is 16.7 Å². The van der Waals surface area contributed by atoms with Crippen LogP contribution < -0.4 is 5.32 Å². The number of halogens is 1. The molecule has 0 aliphatic rings. The molecular formula is C14H11FN2O4. The van der Waals surface area contributed by atoms with Crippen LogP contribution >= 0.6 is 0 Å². The first kappa shape index (κ1) is 14.4. The molecule has 6 nitrogen and oxygen atoms in total. The van der Waals surface area contributed by atoms with Gasteiger partial charge in [-0.05, 0) is 36.8 Å². The minimum absolute atomic E-state index is 0.197. The number of carbonyl (C=O) groups is 1. The highest BCUT2D eigenvalue weighted by atomic mass is 19.1. The topological polar surface area (TPSA) is 92.5 Å². The summed E-state index contributed by atoms with van der Waals surface area (Å²) in [4.78, 5) is 21.2. The maximum atomic E-state index is 13.0. The van der Waals surface area contributed by atoms with E-state index in [1.165, 1.54) is 30.3 Å². The minimum Gasteiger partial charge on any atom is -0.478 e. The van der Waals surface area contributed by atoms with Crippen LogP contribution in [0.2, 0.25) is 0 Å². The number of nitro groups is 1. The molecule has 0 unspecified atom stereocenters. The van der Waals surface area contributed by atoms with Crippen molar-refractivity contribution in [3.8, 4) is 0 Å². The van der Waals surface area contributed by atoms with Crippen LogP contribution in [0.15, 0.2) is 36.4 Å². The zero-order chi connectivity index (χ0) is 15.6. The number of nitro benzene ring substituents is 1. The zero-order valence-corrected chi connectivity index (χ0v) is 11.0. The highest BCUT2D eigenvalue weighted by molar-refractivity contribution is 5.96. The monoisotopic (exact) mass is 290 g/mol. The van der Waals surface area contributed by atoms with Gasteiger partial charge in [-0.25, -0.2) is 9.18 Å². The van der Waals surface area contributed by atoms with Crippen LogP contribution in [0, 0.1) is 22.9 Å². The van der Waals surface area contributed by atoms with E-state index in [2.05, 4.69) is 5.32 Å². The van der Waals surface area contributed by atoms with Crippen LogP contribution in [0.1, 0.15) is 15.9 Å². The van der Waals surface area contributed by atoms with Gasteiger partial charge in [-0.3, -0.25) is 10.1 Å². The van der Waals surface area contributed by atoms with Gasteiger partial charge in [0.2, 0.25) is 0 Å². The Kier molecular flexibility index (Phi) is 3.84. The predicted octanol–water partition coefficient (Wildman–Crippen LogP) is 3.48. The Morgan fingerprint density at radius 2 is 1.90 bits per heavy atom. The molecule has 0 aromatic heterocycles. The third-order valence-corrected chi connectivity index (χ3v) is 2.90. The van der Waals surface area contributed by atoms with Gasteiger partial charge in [0.25, 0.3) is 5.69 Å². The molecule has 0 bridgehead atoms. The predicted molar refractivity (Wildman–Crippen MR) is 74.5 cm³/mol. The van der Waals surface area contributed by atoms with Crippen molar-refractivity contribution in [3.05, 3.63) is 63.5 Å². The molecule has 0 atom stereocenters. The van der Waals surface area contributed by atoms with E-state index in [4.69, 9.17) is 5.11 Å². The number of carboxylic acids is 1. The fourth-order valence-electron chi connectivity index (χ4n) is 1.84. The Balaban J connectivity index is 2.44. The standard InChI is InChI=1S/C14H11FN2O4/c1-8-6-9(15)2-4-12(8)16-13-5-3-10(17(20)21)7-11(13)14(18)19/h2-7,16H,1H3,(H,18,19). The lowest BCUT2D eigenvalue weighted by molar-refractivity contribution is -0.384. The van der Waals surface area contributed by atoms with Gasteiger partial charge in [0.1, 0.15) is 5.82 Å². The van der Waals surface area contributed by atoms with Crippen LogP contribution in [0.4, 0.5) is 21.5 Å². The summed E-state index contributed by atoms with van der Waals surface area (Å²) in [5.41, 5.74) is 0.766. The number of benzene rings is 2. The molecule has 0 heterocycles. The summed E-state index contributed by atoms with van der Waals surface area (Å²) in [5, 5.41) is 22.7. The van der Waals surface area contributed by atoms with Gasteiger partial charge < -0.3 is 10.4 Å². The van der Waals surface area contributed by atoms with Crippen LogP contribution in [0.25, 0.3) is 0 Å². The first-order chi connectivity index (χ1) is 9.88. The van der Waals surface area contributed by atoms with Gasteiger partial charge in [0.05, 0.1) is 16.2 Å².